The van der Waals surface area contributed by atoms with E-state index in [0.717, 1.165) is 17.5 Å². The lowest BCUT2D eigenvalue weighted by molar-refractivity contribution is -0.141. The molecule has 0 saturated heterocycles. The zero-order chi connectivity index (χ0) is 15.7. The first kappa shape index (κ1) is 14.4. The van der Waals surface area contributed by atoms with E-state index in [1.165, 1.54) is 6.07 Å². The van der Waals surface area contributed by atoms with Crippen LogP contribution in [0.4, 0.5) is 24.7 Å². The fourth-order valence-corrected chi connectivity index (χ4v) is 2.47. The van der Waals surface area contributed by atoms with E-state index >= 15 is 0 Å². The fraction of sp³-hybridized carbons (Fsp3) is 0.188. The molecule has 3 nitrogen and oxygen atoms in total. The third kappa shape index (κ3) is 2.52. The Morgan fingerprint density at radius 2 is 1.82 bits per heavy atom. The van der Waals surface area contributed by atoms with Crippen LogP contribution in [0.5, 0.6) is 0 Å². The number of para-hydroxylation sites is 1. The number of nitrogens with one attached hydrogen (secondary N) is 1. The smallest absolute Gasteiger partial charge is 0.388 e. The third-order valence-corrected chi connectivity index (χ3v) is 3.53. The number of hydrogen-bond donors (Lipinski definition) is 1. The van der Waals surface area contributed by atoms with Gasteiger partial charge in [-0.05, 0) is 30.3 Å². The second-order valence-electron chi connectivity index (χ2n) is 4.88. The van der Waals surface area contributed by atoms with Gasteiger partial charge < -0.3 is 10.2 Å². The molecule has 2 heterocycles. The minimum atomic E-state index is -4.46. The Kier molecular flexibility index (Phi) is 3.52. The zero-order valence-corrected chi connectivity index (χ0v) is 11.9. The van der Waals surface area contributed by atoms with Crippen molar-refractivity contribution in [3.8, 4) is 0 Å². The van der Waals surface area contributed by atoms with Gasteiger partial charge >= 0.3 is 6.18 Å². The number of fused-ring (bicyclic) bond motifs is 1. The topological polar surface area (TPSA) is 28.2 Å². The van der Waals surface area contributed by atoms with Crippen LogP contribution in [0.25, 0.3) is 5.70 Å². The molecule has 0 bridgehead atoms. The van der Waals surface area contributed by atoms with Crippen LogP contribution in [-0.4, -0.2) is 18.6 Å². The molecule has 0 saturated carbocycles. The van der Waals surface area contributed by atoms with Gasteiger partial charge in [-0.25, -0.2) is 4.98 Å². The normalized spacial score (nSPS) is 14.4. The van der Waals surface area contributed by atoms with Gasteiger partial charge in [0.05, 0.1) is 0 Å². The van der Waals surface area contributed by atoms with E-state index in [4.69, 9.17) is 0 Å². The maximum absolute atomic E-state index is 13.0. The first-order valence-corrected chi connectivity index (χ1v) is 6.80. The van der Waals surface area contributed by atoms with Crippen LogP contribution in [0.2, 0.25) is 0 Å². The molecule has 1 aromatic carbocycles. The summed E-state index contributed by atoms with van der Waals surface area (Å²) in [4.78, 5) is 5.63. The number of halogens is 3. The molecule has 0 amide bonds. The van der Waals surface area contributed by atoms with Crippen LogP contribution in [0.3, 0.4) is 0 Å². The molecule has 2 aromatic rings. The minimum Gasteiger partial charge on any atom is -0.388 e. The molecule has 1 aromatic heterocycles. The highest BCUT2D eigenvalue weighted by Crippen LogP contribution is 2.37. The first-order chi connectivity index (χ1) is 10.5. The largest absolute Gasteiger partial charge is 0.433 e. The van der Waals surface area contributed by atoms with E-state index in [1.807, 2.05) is 36.4 Å². The van der Waals surface area contributed by atoms with Crippen molar-refractivity contribution < 1.29 is 13.2 Å². The molecule has 0 atom stereocenters. The maximum atomic E-state index is 13.0. The molecule has 22 heavy (non-hydrogen) atoms. The SMILES string of the molecule is CNC1=CCN(c2ccccc2)c2nc(C(F)(F)F)ccc21. The number of hydrogen-bond acceptors (Lipinski definition) is 3. The minimum absolute atomic E-state index is 0.313. The summed E-state index contributed by atoms with van der Waals surface area (Å²) < 4.78 is 38.9. The predicted octanol–water partition coefficient (Wildman–Crippen LogP) is 3.81. The maximum Gasteiger partial charge on any atom is 0.433 e. The lowest BCUT2D eigenvalue weighted by Crippen LogP contribution is -2.27. The van der Waals surface area contributed by atoms with E-state index in [9.17, 15) is 13.2 Å². The highest BCUT2D eigenvalue weighted by atomic mass is 19.4. The highest BCUT2D eigenvalue weighted by Gasteiger charge is 2.34. The van der Waals surface area contributed by atoms with Crippen LogP contribution in [0.15, 0.2) is 48.5 Å². The van der Waals surface area contributed by atoms with Gasteiger partial charge in [0.15, 0.2) is 0 Å². The van der Waals surface area contributed by atoms with Gasteiger partial charge in [0.25, 0.3) is 0 Å². The van der Waals surface area contributed by atoms with Gasteiger partial charge in [-0.3, -0.25) is 0 Å². The molecule has 0 unspecified atom stereocenters. The monoisotopic (exact) mass is 305 g/mol. The second kappa shape index (κ2) is 5.36. The summed E-state index contributed by atoms with van der Waals surface area (Å²) in [5.74, 6) is 0.313. The average Bonchev–Trinajstić information content (AvgIpc) is 2.53. The number of alkyl halides is 3. The van der Waals surface area contributed by atoms with Crippen molar-refractivity contribution in [2.75, 3.05) is 18.5 Å². The molecule has 6 heteroatoms. The van der Waals surface area contributed by atoms with Crippen molar-refractivity contribution in [1.82, 2.24) is 10.3 Å². The molecule has 1 aliphatic heterocycles. The van der Waals surface area contributed by atoms with Crippen molar-refractivity contribution in [1.29, 1.82) is 0 Å². The molecule has 0 spiro atoms. The van der Waals surface area contributed by atoms with Gasteiger partial charge in [0.2, 0.25) is 0 Å². The van der Waals surface area contributed by atoms with Crippen molar-refractivity contribution in [2.45, 2.75) is 6.18 Å². The lowest BCUT2D eigenvalue weighted by atomic mass is 10.1. The molecule has 3 rings (SSSR count). The van der Waals surface area contributed by atoms with Gasteiger partial charge in [-0.15, -0.1) is 0 Å². The molecule has 0 radical (unpaired) electrons. The predicted molar refractivity (Wildman–Crippen MR) is 79.7 cm³/mol. The van der Waals surface area contributed by atoms with Crippen LogP contribution >= 0.6 is 0 Å². The van der Waals surface area contributed by atoms with Gasteiger partial charge in [0.1, 0.15) is 11.5 Å². The Bertz CT molecular complexity index is 708. The van der Waals surface area contributed by atoms with Gasteiger partial charge in [-0.1, -0.05) is 18.2 Å². The average molecular weight is 305 g/mol. The van der Waals surface area contributed by atoms with E-state index in [0.29, 0.717) is 17.9 Å². The molecule has 0 aliphatic carbocycles. The van der Waals surface area contributed by atoms with E-state index < -0.39 is 11.9 Å². The molecule has 1 N–H and O–H groups in total. The number of nitrogens with zero attached hydrogens (tertiary/aromatic N) is 2. The van der Waals surface area contributed by atoms with E-state index in [-0.39, 0.29) is 0 Å². The summed E-state index contributed by atoms with van der Waals surface area (Å²) in [5, 5.41) is 3.00. The van der Waals surface area contributed by atoms with Gasteiger partial charge in [-0.2, -0.15) is 13.2 Å². The van der Waals surface area contributed by atoms with Crippen molar-refractivity contribution in [2.24, 2.45) is 0 Å². The number of pyridine rings is 1. The third-order valence-electron chi connectivity index (χ3n) is 3.53. The van der Waals surface area contributed by atoms with Crippen LogP contribution in [0.1, 0.15) is 11.3 Å². The summed E-state index contributed by atoms with van der Waals surface area (Å²) in [7, 11) is 1.74. The van der Waals surface area contributed by atoms with Crippen molar-refractivity contribution >= 4 is 17.2 Å². The van der Waals surface area contributed by atoms with Crippen molar-refractivity contribution in [3.05, 3.63) is 59.8 Å². The van der Waals surface area contributed by atoms with Gasteiger partial charge in [0, 0.05) is 30.5 Å². The summed E-state index contributed by atoms with van der Waals surface area (Å²) in [6, 6.07) is 11.7. The van der Waals surface area contributed by atoms with Crippen LogP contribution in [-0.2, 0) is 6.18 Å². The Hall–Kier alpha value is -2.50. The molecule has 0 fully saturated rings. The summed E-state index contributed by atoms with van der Waals surface area (Å²) in [6.45, 7) is 0.460. The quantitative estimate of drug-likeness (QED) is 0.914. The molecular weight excluding hydrogens is 291 g/mol. The highest BCUT2D eigenvalue weighted by molar-refractivity contribution is 5.81. The van der Waals surface area contributed by atoms with Crippen molar-refractivity contribution in [3.63, 3.8) is 0 Å². The summed E-state index contributed by atoms with van der Waals surface area (Å²) in [6.07, 6.45) is -2.53. The van der Waals surface area contributed by atoms with Crippen LogP contribution in [0, 0.1) is 0 Å². The molecule has 1 aliphatic rings. The second-order valence-corrected chi connectivity index (χ2v) is 4.88. The Labute approximate surface area is 126 Å². The number of rotatable bonds is 2. The number of anilines is 2. The Morgan fingerprint density at radius 1 is 1.09 bits per heavy atom. The Morgan fingerprint density at radius 3 is 2.45 bits per heavy atom. The van der Waals surface area contributed by atoms with Crippen LogP contribution < -0.4 is 10.2 Å². The van der Waals surface area contributed by atoms with E-state index in [1.54, 1.807) is 11.9 Å². The number of aromatic nitrogens is 1. The zero-order valence-electron chi connectivity index (χ0n) is 11.9. The lowest BCUT2D eigenvalue weighted by Gasteiger charge is -2.30. The van der Waals surface area contributed by atoms with E-state index in [2.05, 4.69) is 10.3 Å². The Balaban J connectivity index is 2.14. The first-order valence-electron chi connectivity index (χ1n) is 6.80. The number of benzene rings is 1. The molecule has 114 valence electrons. The standard InChI is InChI=1S/C16H14F3N3/c1-20-13-9-10-22(11-5-3-2-4-6-11)15-12(13)7-8-14(21-15)16(17,18)19/h2-9,20H,10H2,1H3. The summed E-state index contributed by atoms with van der Waals surface area (Å²) >= 11 is 0. The molecular formula is C16H14F3N3. The summed E-state index contributed by atoms with van der Waals surface area (Å²) in [5.41, 5.74) is 1.36. The fourth-order valence-electron chi connectivity index (χ4n) is 2.47.